The number of carbonyl (C=O) groups is 1. The Morgan fingerprint density at radius 1 is 1.09 bits per heavy atom. The van der Waals surface area contributed by atoms with Crippen molar-refractivity contribution in [2.75, 3.05) is 7.11 Å². The Kier molecular flexibility index (Phi) is 8.13. The molecule has 6 nitrogen and oxygen atoms in total. The predicted octanol–water partition coefficient (Wildman–Crippen LogP) is 5.50. The molecule has 0 radical (unpaired) electrons. The molecule has 6 heteroatoms. The number of rotatable bonds is 9. The highest BCUT2D eigenvalue weighted by atomic mass is 16.5. The van der Waals surface area contributed by atoms with Crippen molar-refractivity contribution in [2.45, 2.75) is 33.6 Å². The van der Waals surface area contributed by atoms with Crippen LogP contribution in [-0.2, 0) is 6.42 Å². The number of methoxy groups -OCH3 is 1. The number of phenolic OH excluding ortho intramolecular Hbond substituents is 4. The second-order valence-electron chi connectivity index (χ2n) is 8.01. The van der Waals surface area contributed by atoms with E-state index < -0.39 is 5.78 Å². The average molecular weight is 439 g/mol. The number of ketones is 1. The third kappa shape index (κ3) is 5.94. The van der Waals surface area contributed by atoms with E-state index in [4.69, 9.17) is 4.74 Å². The van der Waals surface area contributed by atoms with Crippen LogP contribution in [0.3, 0.4) is 0 Å². The summed E-state index contributed by atoms with van der Waals surface area (Å²) in [6.45, 7) is 9.90. The Bertz CT molecular complexity index is 1070. The van der Waals surface area contributed by atoms with Crippen molar-refractivity contribution in [1.29, 1.82) is 0 Å². The second-order valence-corrected chi connectivity index (χ2v) is 8.01. The number of allylic oxidation sites excluding steroid dienone is 4. The summed E-state index contributed by atoms with van der Waals surface area (Å²) in [4.78, 5) is 12.9. The number of hydrogen-bond acceptors (Lipinski definition) is 6. The van der Waals surface area contributed by atoms with E-state index in [0.717, 1.165) is 17.2 Å². The predicted molar refractivity (Wildman–Crippen MR) is 126 cm³/mol. The lowest BCUT2D eigenvalue weighted by atomic mass is 9.88. The summed E-state index contributed by atoms with van der Waals surface area (Å²) in [6.07, 6.45) is 5.60. The summed E-state index contributed by atoms with van der Waals surface area (Å²) >= 11 is 0. The van der Waals surface area contributed by atoms with Crippen LogP contribution in [0.4, 0.5) is 0 Å². The van der Waals surface area contributed by atoms with Crippen LogP contribution in [0.15, 0.2) is 54.1 Å². The van der Waals surface area contributed by atoms with Crippen LogP contribution in [0.5, 0.6) is 28.7 Å². The van der Waals surface area contributed by atoms with Gasteiger partial charge in [0.2, 0.25) is 0 Å². The molecule has 0 saturated carbocycles. The highest BCUT2D eigenvalue weighted by Crippen LogP contribution is 2.41. The lowest BCUT2D eigenvalue weighted by Gasteiger charge is -2.19. The van der Waals surface area contributed by atoms with E-state index in [-0.39, 0.29) is 45.8 Å². The van der Waals surface area contributed by atoms with E-state index in [0.29, 0.717) is 18.4 Å². The van der Waals surface area contributed by atoms with Gasteiger partial charge in [-0.15, -0.1) is 0 Å². The molecular weight excluding hydrogens is 408 g/mol. The zero-order valence-electron chi connectivity index (χ0n) is 18.8. The molecule has 32 heavy (non-hydrogen) atoms. The Morgan fingerprint density at radius 2 is 1.78 bits per heavy atom. The van der Waals surface area contributed by atoms with Gasteiger partial charge in [-0.25, -0.2) is 0 Å². The minimum atomic E-state index is -0.566. The molecule has 0 bridgehead atoms. The molecule has 0 aliphatic heterocycles. The lowest BCUT2D eigenvalue weighted by molar-refractivity contribution is 0.104. The van der Waals surface area contributed by atoms with Crippen molar-refractivity contribution in [3.05, 3.63) is 70.8 Å². The molecule has 0 spiro atoms. The molecule has 0 aliphatic rings. The van der Waals surface area contributed by atoms with Gasteiger partial charge in [-0.1, -0.05) is 23.8 Å². The number of hydrogen-bond donors (Lipinski definition) is 4. The molecule has 0 fully saturated rings. The van der Waals surface area contributed by atoms with Crippen molar-refractivity contribution < 1.29 is 30.0 Å². The maximum atomic E-state index is 12.9. The summed E-state index contributed by atoms with van der Waals surface area (Å²) in [5.74, 6) is -1.39. The van der Waals surface area contributed by atoms with Gasteiger partial charge >= 0.3 is 0 Å². The third-order valence-corrected chi connectivity index (χ3v) is 5.20. The van der Waals surface area contributed by atoms with Crippen molar-refractivity contribution in [1.82, 2.24) is 0 Å². The maximum absolute atomic E-state index is 12.9. The Hall–Kier alpha value is -3.67. The maximum Gasteiger partial charge on any atom is 0.193 e. The van der Waals surface area contributed by atoms with Crippen LogP contribution in [0.25, 0.3) is 6.08 Å². The topological polar surface area (TPSA) is 107 Å². The Labute approximate surface area is 188 Å². The van der Waals surface area contributed by atoms with Crippen molar-refractivity contribution in [3.63, 3.8) is 0 Å². The summed E-state index contributed by atoms with van der Waals surface area (Å²) in [6, 6.07) is 5.30. The smallest absolute Gasteiger partial charge is 0.193 e. The molecule has 170 valence electrons. The fourth-order valence-electron chi connectivity index (χ4n) is 3.28. The second kappa shape index (κ2) is 10.6. The van der Waals surface area contributed by atoms with Gasteiger partial charge in [-0.05, 0) is 63.8 Å². The first-order chi connectivity index (χ1) is 15.0. The van der Waals surface area contributed by atoms with Crippen LogP contribution in [0, 0.1) is 5.92 Å². The standard InChI is InChI=1S/C26H30O6/c1-15(2)6-7-18(16(3)4)12-20-23(30)14-24(32-5)25(26(20)31)21(28)11-9-17-8-10-19(27)13-22(17)29/h6,8-11,13-14,18,27,29-31H,3,7,12H2,1-2,4-5H3/b11-9-. The molecule has 0 aromatic heterocycles. The molecule has 0 amide bonds. The summed E-state index contributed by atoms with van der Waals surface area (Å²) in [7, 11) is 1.34. The van der Waals surface area contributed by atoms with Crippen molar-refractivity contribution in [2.24, 2.45) is 5.92 Å². The fourth-order valence-corrected chi connectivity index (χ4v) is 3.28. The summed E-state index contributed by atoms with van der Waals surface area (Å²) in [5.41, 5.74) is 2.52. The zero-order chi connectivity index (χ0) is 24.0. The van der Waals surface area contributed by atoms with Gasteiger partial charge in [-0.3, -0.25) is 4.79 Å². The fraction of sp³-hybridized carbons (Fsp3) is 0.269. The van der Waals surface area contributed by atoms with Crippen LogP contribution < -0.4 is 4.74 Å². The number of aromatic hydroxyl groups is 4. The van der Waals surface area contributed by atoms with Crippen molar-refractivity contribution >= 4 is 11.9 Å². The molecule has 1 atom stereocenters. The van der Waals surface area contributed by atoms with Crippen molar-refractivity contribution in [3.8, 4) is 28.7 Å². The molecule has 4 N–H and O–H groups in total. The van der Waals surface area contributed by atoms with Crippen LogP contribution >= 0.6 is 0 Å². The first-order valence-corrected chi connectivity index (χ1v) is 10.2. The van der Waals surface area contributed by atoms with Gasteiger partial charge in [-0.2, -0.15) is 0 Å². The average Bonchev–Trinajstić information content (AvgIpc) is 2.71. The minimum absolute atomic E-state index is 0.0319. The molecule has 0 aliphatic carbocycles. The quantitative estimate of drug-likeness (QED) is 0.234. The third-order valence-electron chi connectivity index (χ3n) is 5.20. The normalized spacial score (nSPS) is 11.9. The molecule has 2 aromatic rings. The minimum Gasteiger partial charge on any atom is -0.508 e. The molecule has 2 rings (SSSR count). The first-order valence-electron chi connectivity index (χ1n) is 10.2. The monoisotopic (exact) mass is 438 g/mol. The summed E-state index contributed by atoms with van der Waals surface area (Å²) in [5, 5.41) is 40.8. The first kappa shape index (κ1) is 24.6. The van der Waals surface area contributed by atoms with Gasteiger partial charge in [0.05, 0.1) is 7.11 Å². The number of carbonyl (C=O) groups excluding carboxylic acids is 1. The molecular formula is C26H30O6. The van der Waals surface area contributed by atoms with E-state index in [1.54, 1.807) is 0 Å². The van der Waals surface area contributed by atoms with Gasteiger partial charge in [0, 0.05) is 23.3 Å². The van der Waals surface area contributed by atoms with Gasteiger partial charge in [0.15, 0.2) is 5.78 Å². The van der Waals surface area contributed by atoms with Gasteiger partial charge in [0.25, 0.3) is 0 Å². The summed E-state index contributed by atoms with van der Waals surface area (Å²) < 4.78 is 5.22. The van der Waals surface area contributed by atoms with E-state index in [1.165, 1.54) is 37.5 Å². The molecule has 1 unspecified atom stereocenters. The van der Waals surface area contributed by atoms with E-state index in [1.807, 2.05) is 20.8 Å². The Morgan fingerprint density at radius 3 is 2.34 bits per heavy atom. The van der Waals surface area contributed by atoms with Crippen LogP contribution in [0.2, 0.25) is 0 Å². The molecule has 0 heterocycles. The van der Waals surface area contributed by atoms with Crippen LogP contribution in [0.1, 0.15) is 48.7 Å². The van der Waals surface area contributed by atoms with E-state index in [2.05, 4.69) is 12.7 Å². The number of benzene rings is 2. The molecule has 2 aromatic carbocycles. The Balaban J connectivity index is 2.46. The van der Waals surface area contributed by atoms with Gasteiger partial charge in [0.1, 0.15) is 34.3 Å². The largest absolute Gasteiger partial charge is 0.508 e. The highest BCUT2D eigenvalue weighted by molar-refractivity contribution is 6.11. The SMILES string of the molecule is C=C(C)C(CC=C(C)C)Cc1c(O)cc(OC)c(C(=O)/C=C\c2ccc(O)cc2O)c1O. The highest BCUT2D eigenvalue weighted by Gasteiger charge is 2.24. The molecule has 0 saturated heterocycles. The number of ether oxygens (including phenoxy) is 1. The van der Waals surface area contributed by atoms with Crippen LogP contribution in [-0.4, -0.2) is 33.3 Å². The lowest BCUT2D eigenvalue weighted by Crippen LogP contribution is -2.08. The van der Waals surface area contributed by atoms with E-state index >= 15 is 0 Å². The number of phenols is 4. The zero-order valence-corrected chi connectivity index (χ0v) is 18.8. The van der Waals surface area contributed by atoms with E-state index in [9.17, 15) is 25.2 Å². The van der Waals surface area contributed by atoms with Gasteiger partial charge < -0.3 is 25.2 Å².